The van der Waals surface area contributed by atoms with Crippen molar-refractivity contribution in [2.75, 3.05) is 13.2 Å². The highest BCUT2D eigenvalue weighted by molar-refractivity contribution is 5.85. The van der Waals surface area contributed by atoms with Gasteiger partial charge in [-0.15, -0.1) is 12.4 Å². The third-order valence-corrected chi connectivity index (χ3v) is 4.39. The summed E-state index contributed by atoms with van der Waals surface area (Å²) in [6.07, 6.45) is 0.00538. The largest absolute Gasteiger partial charge is 0.489 e. The topological polar surface area (TPSA) is 69.4 Å². The Labute approximate surface area is 164 Å². The fourth-order valence-corrected chi connectivity index (χ4v) is 2.93. The molecule has 6 nitrogen and oxygen atoms in total. The summed E-state index contributed by atoms with van der Waals surface area (Å²) in [7, 11) is 0. The van der Waals surface area contributed by atoms with Crippen molar-refractivity contribution in [2.45, 2.75) is 25.7 Å². The lowest BCUT2D eigenvalue weighted by Gasteiger charge is -2.27. The van der Waals surface area contributed by atoms with Crippen molar-refractivity contribution in [1.29, 1.82) is 0 Å². The molecule has 2 heterocycles. The zero-order valence-corrected chi connectivity index (χ0v) is 15.8. The van der Waals surface area contributed by atoms with E-state index in [9.17, 15) is 0 Å². The normalized spacial score (nSPS) is 19.3. The molecule has 1 fully saturated rings. The molecule has 0 spiro atoms. The number of aromatic nitrogens is 2. The summed E-state index contributed by atoms with van der Waals surface area (Å²) in [5, 5.41) is 7.45. The van der Waals surface area contributed by atoms with Gasteiger partial charge in [-0.1, -0.05) is 35.5 Å². The minimum atomic E-state index is -0.0709. The van der Waals surface area contributed by atoms with Gasteiger partial charge >= 0.3 is 0 Å². The number of ether oxygens (including phenoxy) is 2. The first-order chi connectivity index (χ1) is 12.8. The molecule has 142 valence electrons. The van der Waals surface area contributed by atoms with Crippen LogP contribution < -0.4 is 10.1 Å². The van der Waals surface area contributed by atoms with E-state index in [2.05, 4.69) is 15.5 Å². The highest BCUT2D eigenvalue weighted by Gasteiger charge is 2.28. The first-order valence-corrected chi connectivity index (χ1v) is 8.75. The second-order valence-corrected chi connectivity index (χ2v) is 6.26. The van der Waals surface area contributed by atoms with E-state index >= 15 is 0 Å². The molecule has 1 N–H and O–H groups in total. The van der Waals surface area contributed by atoms with Gasteiger partial charge in [-0.2, -0.15) is 4.98 Å². The van der Waals surface area contributed by atoms with E-state index in [4.69, 9.17) is 14.0 Å². The average molecular weight is 388 g/mol. The fourth-order valence-electron chi connectivity index (χ4n) is 2.93. The van der Waals surface area contributed by atoms with Crippen molar-refractivity contribution < 1.29 is 14.0 Å². The van der Waals surface area contributed by atoms with E-state index in [1.165, 1.54) is 0 Å². The molecule has 0 saturated carbocycles. The molecule has 2 aromatic carbocycles. The maximum Gasteiger partial charge on any atom is 0.246 e. The molecular formula is C20H22ClN3O3. The summed E-state index contributed by atoms with van der Waals surface area (Å²) in [5.74, 6) is 1.92. The quantitative estimate of drug-likeness (QED) is 0.718. The van der Waals surface area contributed by atoms with Gasteiger partial charge in [0.25, 0.3) is 0 Å². The average Bonchev–Trinajstić information content (AvgIpc) is 3.18. The Morgan fingerprint density at radius 2 is 1.89 bits per heavy atom. The Bertz CT molecular complexity index is 839. The minimum absolute atomic E-state index is 0. The van der Waals surface area contributed by atoms with Gasteiger partial charge < -0.3 is 19.3 Å². The number of rotatable bonds is 5. The molecule has 1 saturated heterocycles. The van der Waals surface area contributed by atoms with E-state index < -0.39 is 0 Å². The van der Waals surface area contributed by atoms with Crippen molar-refractivity contribution in [1.82, 2.24) is 15.5 Å². The smallest absolute Gasteiger partial charge is 0.246 e. The second kappa shape index (κ2) is 8.99. The van der Waals surface area contributed by atoms with E-state index in [-0.39, 0.29) is 24.6 Å². The standard InChI is InChI=1S/C20H21N3O3.ClH/c1-14-18(21-11-12-24-14)20-22-19(23-26-20)16-7-9-17(10-8-16)25-13-15-5-3-2-4-6-15;/h2-10,14,18,21H,11-13H2,1H3;1H/t14-,18+;/m1./s1. The van der Waals surface area contributed by atoms with Crippen LogP contribution in [0.1, 0.15) is 24.4 Å². The summed E-state index contributed by atoms with van der Waals surface area (Å²) in [5.41, 5.74) is 2.02. The van der Waals surface area contributed by atoms with Crippen LogP contribution in [0.2, 0.25) is 0 Å². The first kappa shape index (κ1) is 19.4. The van der Waals surface area contributed by atoms with Gasteiger partial charge in [-0.25, -0.2) is 0 Å². The van der Waals surface area contributed by atoms with Gasteiger partial charge in [0.1, 0.15) is 18.4 Å². The fraction of sp³-hybridized carbons (Fsp3) is 0.300. The molecular weight excluding hydrogens is 366 g/mol. The van der Waals surface area contributed by atoms with Crippen molar-refractivity contribution in [3.63, 3.8) is 0 Å². The maximum atomic E-state index is 5.81. The molecule has 4 rings (SSSR count). The summed E-state index contributed by atoms with van der Waals surface area (Å²) in [6.45, 7) is 4.01. The summed E-state index contributed by atoms with van der Waals surface area (Å²) in [6, 6.07) is 17.7. The third-order valence-electron chi connectivity index (χ3n) is 4.39. The lowest BCUT2D eigenvalue weighted by Crippen LogP contribution is -2.40. The molecule has 7 heteroatoms. The molecule has 1 aliphatic rings. The Balaban J connectivity index is 0.00000210. The van der Waals surface area contributed by atoms with E-state index in [0.717, 1.165) is 23.4 Å². The number of halogens is 1. The first-order valence-electron chi connectivity index (χ1n) is 8.75. The van der Waals surface area contributed by atoms with Crippen LogP contribution >= 0.6 is 12.4 Å². The highest BCUT2D eigenvalue weighted by Crippen LogP contribution is 2.25. The molecule has 0 radical (unpaired) electrons. The Morgan fingerprint density at radius 1 is 1.11 bits per heavy atom. The van der Waals surface area contributed by atoms with Crippen LogP contribution in [0.25, 0.3) is 11.4 Å². The molecule has 0 unspecified atom stereocenters. The number of benzene rings is 2. The molecule has 0 bridgehead atoms. The van der Waals surface area contributed by atoms with Gasteiger partial charge in [-0.05, 0) is 36.8 Å². The number of nitrogens with one attached hydrogen (secondary N) is 1. The van der Waals surface area contributed by atoms with E-state index in [0.29, 0.717) is 24.9 Å². The summed E-state index contributed by atoms with van der Waals surface area (Å²) in [4.78, 5) is 4.52. The molecule has 0 amide bonds. The predicted molar refractivity (Wildman–Crippen MR) is 104 cm³/mol. The summed E-state index contributed by atoms with van der Waals surface area (Å²) < 4.78 is 16.9. The molecule has 0 aliphatic carbocycles. The molecule has 2 atom stereocenters. The number of nitrogens with zero attached hydrogens (tertiary/aromatic N) is 2. The Morgan fingerprint density at radius 3 is 2.63 bits per heavy atom. The lowest BCUT2D eigenvalue weighted by molar-refractivity contribution is -0.00136. The molecule has 1 aliphatic heterocycles. The van der Waals surface area contributed by atoms with Crippen molar-refractivity contribution in [2.24, 2.45) is 0 Å². The monoisotopic (exact) mass is 387 g/mol. The van der Waals surface area contributed by atoms with Gasteiger partial charge in [-0.3, -0.25) is 0 Å². The minimum Gasteiger partial charge on any atom is -0.489 e. The van der Waals surface area contributed by atoms with Crippen molar-refractivity contribution in [3.8, 4) is 17.1 Å². The highest BCUT2D eigenvalue weighted by atomic mass is 35.5. The number of hydrogen-bond acceptors (Lipinski definition) is 6. The Kier molecular flexibility index (Phi) is 6.45. The lowest BCUT2D eigenvalue weighted by atomic mass is 10.1. The van der Waals surface area contributed by atoms with Crippen LogP contribution in [0.15, 0.2) is 59.1 Å². The van der Waals surface area contributed by atoms with Crippen LogP contribution in [-0.2, 0) is 11.3 Å². The van der Waals surface area contributed by atoms with E-state index in [1.54, 1.807) is 0 Å². The van der Waals surface area contributed by atoms with E-state index in [1.807, 2.05) is 61.5 Å². The van der Waals surface area contributed by atoms with Crippen molar-refractivity contribution >= 4 is 12.4 Å². The van der Waals surface area contributed by atoms with Gasteiger partial charge in [0.15, 0.2) is 0 Å². The van der Waals surface area contributed by atoms with Crippen LogP contribution in [0, 0.1) is 0 Å². The third kappa shape index (κ3) is 4.66. The van der Waals surface area contributed by atoms with Crippen LogP contribution in [0.4, 0.5) is 0 Å². The predicted octanol–water partition coefficient (Wildman–Crippen LogP) is 3.79. The SMILES string of the molecule is C[C@H]1OCCN[C@@H]1c1nc(-c2ccc(OCc3ccccc3)cc2)no1.Cl. The van der Waals surface area contributed by atoms with Crippen LogP contribution in [0.5, 0.6) is 5.75 Å². The number of morpholine rings is 1. The molecule has 27 heavy (non-hydrogen) atoms. The van der Waals surface area contributed by atoms with Gasteiger partial charge in [0.2, 0.25) is 11.7 Å². The molecule has 1 aromatic heterocycles. The second-order valence-electron chi connectivity index (χ2n) is 6.26. The maximum absolute atomic E-state index is 5.81. The zero-order valence-electron chi connectivity index (χ0n) is 15.0. The zero-order chi connectivity index (χ0) is 17.8. The van der Waals surface area contributed by atoms with Gasteiger partial charge in [0.05, 0.1) is 12.7 Å². The summed E-state index contributed by atoms with van der Waals surface area (Å²) >= 11 is 0. The Hall–Kier alpha value is -2.41. The van der Waals surface area contributed by atoms with Crippen LogP contribution in [0.3, 0.4) is 0 Å². The van der Waals surface area contributed by atoms with Crippen molar-refractivity contribution in [3.05, 3.63) is 66.1 Å². The number of hydrogen-bond donors (Lipinski definition) is 1. The van der Waals surface area contributed by atoms with Crippen LogP contribution in [-0.4, -0.2) is 29.4 Å². The van der Waals surface area contributed by atoms with Gasteiger partial charge in [0, 0.05) is 12.1 Å². The molecule has 3 aromatic rings.